The second-order valence-corrected chi connectivity index (χ2v) is 7.22. The molecule has 0 aliphatic carbocycles. The topological polar surface area (TPSA) is 80.3 Å². The van der Waals surface area contributed by atoms with Crippen LogP contribution in [0.25, 0.3) is 11.1 Å². The van der Waals surface area contributed by atoms with Gasteiger partial charge in [-0.05, 0) is 42.7 Å². The van der Waals surface area contributed by atoms with Crippen molar-refractivity contribution in [2.24, 2.45) is 5.92 Å². The molecule has 0 atom stereocenters. The van der Waals surface area contributed by atoms with Crippen LogP contribution < -0.4 is 14.2 Å². The number of fused-ring (bicyclic) bond motifs is 1. The second-order valence-electron chi connectivity index (χ2n) is 7.22. The van der Waals surface area contributed by atoms with E-state index in [1.165, 1.54) is 7.11 Å². The standard InChI is InChI=1S/C23H26O7/c1-5-27-22-19(26-4)9-8-17(21(22)29-13-20(24)28-11-14(2)3)15-6-7-18-16(10-15)12-30-23(18)25/h6-10,14H,5,11-13H2,1-4H3. The summed E-state index contributed by atoms with van der Waals surface area (Å²) in [6, 6.07) is 9.02. The van der Waals surface area contributed by atoms with Crippen LogP contribution in [0, 0.1) is 5.92 Å². The Labute approximate surface area is 175 Å². The number of cyclic esters (lactones) is 1. The smallest absolute Gasteiger partial charge is 0.344 e. The van der Waals surface area contributed by atoms with Gasteiger partial charge >= 0.3 is 11.9 Å². The minimum absolute atomic E-state index is 0.230. The molecule has 0 radical (unpaired) electrons. The second kappa shape index (κ2) is 9.52. The SMILES string of the molecule is CCOc1c(OC)ccc(-c2ccc3c(c2)COC3=O)c1OCC(=O)OCC(C)C. The van der Waals surface area contributed by atoms with Gasteiger partial charge in [-0.2, -0.15) is 0 Å². The van der Waals surface area contributed by atoms with Gasteiger partial charge in [-0.3, -0.25) is 0 Å². The maximum absolute atomic E-state index is 12.1. The quantitative estimate of drug-likeness (QED) is 0.574. The molecule has 30 heavy (non-hydrogen) atoms. The molecule has 0 amide bonds. The molecule has 1 aliphatic rings. The van der Waals surface area contributed by atoms with Crippen LogP contribution in [-0.2, 0) is 20.9 Å². The number of esters is 2. The third-order valence-corrected chi connectivity index (χ3v) is 4.49. The molecule has 2 aromatic carbocycles. The van der Waals surface area contributed by atoms with Gasteiger partial charge in [-0.25, -0.2) is 9.59 Å². The Hall–Kier alpha value is -3.22. The van der Waals surface area contributed by atoms with E-state index < -0.39 is 5.97 Å². The van der Waals surface area contributed by atoms with E-state index in [4.69, 9.17) is 23.7 Å². The van der Waals surface area contributed by atoms with E-state index in [9.17, 15) is 9.59 Å². The molecule has 0 bridgehead atoms. The summed E-state index contributed by atoms with van der Waals surface area (Å²) in [4.78, 5) is 23.9. The van der Waals surface area contributed by atoms with Gasteiger partial charge in [0.15, 0.2) is 18.1 Å². The third-order valence-electron chi connectivity index (χ3n) is 4.49. The summed E-state index contributed by atoms with van der Waals surface area (Å²) in [6.07, 6.45) is 0. The number of carbonyl (C=O) groups is 2. The molecule has 0 unspecified atom stereocenters. The first-order valence-corrected chi connectivity index (χ1v) is 9.87. The molecule has 1 heterocycles. The van der Waals surface area contributed by atoms with E-state index in [0.29, 0.717) is 41.6 Å². The van der Waals surface area contributed by atoms with Crippen LogP contribution in [0.4, 0.5) is 0 Å². The highest BCUT2D eigenvalue weighted by atomic mass is 16.6. The van der Waals surface area contributed by atoms with Crippen LogP contribution in [0.5, 0.6) is 17.2 Å². The number of methoxy groups -OCH3 is 1. The molecule has 1 aliphatic heterocycles. The molecular formula is C23H26O7. The lowest BCUT2D eigenvalue weighted by Crippen LogP contribution is -2.18. The normalized spacial score (nSPS) is 12.4. The lowest BCUT2D eigenvalue weighted by molar-refractivity contribution is -0.147. The fourth-order valence-electron chi connectivity index (χ4n) is 3.09. The summed E-state index contributed by atoms with van der Waals surface area (Å²) in [5.41, 5.74) is 2.87. The van der Waals surface area contributed by atoms with Crippen molar-refractivity contribution in [2.45, 2.75) is 27.4 Å². The molecule has 0 saturated heterocycles. The predicted octanol–water partition coefficient (Wildman–Crippen LogP) is 4.01. The lowest BCUT2D eigenvalue weighted by atomic mass is 9.99. The number of hydrogen-bond donors (Lipinski definition) is 0. The van der Waals surface area contributed by atoms with E-state index in [1.807, 2.05) is 39.0 Å². The molecule has 7 nitrogen and oxygen atoms in total. The minimum atomic E-state index is -0.465. The molecule has 0 N–H and O–H groups in total. The van der Waals surface area contributed by atoms with Crippen LogP contribution in [0.15, 0.2) is 30.3 Å². The summed E-state index contributed by atoms with van der Waals surface area (Å²) in [6.45, 7) is 6.46. The van der Waals surface area contributed by atoms with Crippen molar-refractivity contribution in [1.82, 2.24) is 0 Å². The van der Waals surface area contributed by atoms with Crippen LogP contribution in [0.1, 0.15) is 36.7 Å². The van der Waals surface area contributed by atoms with Crippen LogP contribution in [-0.4, -0.2) is 38.9 Å². The monoisotopic (exact) mass is 414 g/mol. The Balaban J connectivity index is 1.97. The van der Waals surface area contributed by atoms with Crippen molar-refractivity contribution >= 4 is 11.9 Å². The molecule has 0 saturated carbocycles. The maximum Gasteiger partial charge on any atom is 0.344 e. The molecule has 0 aromatic heterocycles. The van der Waals surface area contributed by atoms with E-state index in [0.717, 1.165) is 11.1 Å². The highest BCUT2D eigenvalue weighted by molar-refractivity contribution is 5.94. The van der Waals surface area contributed by atoms with Crippen LogP contribution >= 0.6 is 0 Å². The van der Waals surface area contributed by atoms with Crippen molar-refractivity contribution in [1.29, 1.82) is 0 Å². The summed E-state index contributed by atoms with van der Waals surface area (Å²) in [5.74, 6) is 0.714. The van der Waals surface area contributed by atoms with Crippen molar-refractivity contribution in [3.05, 3.63) is 41.5 Å². The first kappa shape index (κ1) is 21.5. The van der Waals surface area contributed by atoms with Crippen LogP contribution in [0.3, 0.4) is 0 Å². The molecular weight excluding hydrogens is 388 g/mol. The lowest BCUT2D eigenvalue weighted by Gasteiger charge is -2.19. The molecule has 3 rings (SSSR count). The zero-order valence-corrected chi connectivity index (χ0v) is 17.7. The highest BCUT2D eigenvalue weighted by Gasteiger charge is 2.24. The summed E-state index contributed by atoms with van der Waals surface area (Å²) < 4.78 is 27.4. The van der Waals surface area contributed by atoms with Gasteiger partial charge < -0.3 is 23.7 Å². The third kappa shape index (κ3) is 4.67. The van der Waals surface area contributed by atoms with Gasteiger partial charge in [0.2, 0.25) is 5.75 Å². The number of ether oxygens (including phenoxy) is 5. The molecule has 7 heteroatoms. The number of rotatable bonds is 9. The summed E-state index contributed by atoms with van der Waals surface area (Å²) in [5, 5.41) is 0. The van der Waals surface area contributed by atoms with Gasteiger partial charge in [0.05, 0.1) is 25.9 Å². The van der Waals surface area contributed by atoms with Gasteiger partial charge in [-0.1, -0.05) is 19.9 Å². The van der Waals surface area contributed by atoms with E-state index in [2.05, 4.69) is 0 Å². The van der Waals surface area contributed by atoms with E-state index in [-0.39, 0.29) is 25.1 Å². The van der Waals surface area contributed by atoms with E-state index >= 15 is 0 Å². The average molecular weight is 414 g/mol. The van der Waals surface area contributed by atoms with E-state index in [1.54, 1.807) is 12.1 Å². The van der Waals surface area contributed by atoms with Crippen molar-refractivity contribution < 1.29 is 33.3 Å². The maximum atomic E-state index is 12.1. The number of carbonyl (C=O) groups excluding carboxylic acids is 2. The number of benzene rings is 2. The van der Waals surface area contributed by atoms with Gasteiger partial charge in [0, 0.05) is 11.1 Å². The fourth-order valence-corrected chi connectivity index (χ4v) is 3.09. The zero-order valence-electron chi connectivity index (χ0n) is 17.7. The van der Waals surface area contributed by atoms with Crippen LogP contribution in [0.2, 0.25) is 0 Å². The van der Waals surface area contributed by atoms with Crippen molar-refractivity contribution in [3.63, 3.8) is 0 Å². The van der Waals surface area contributed by atoms with Gasteiger partial charge in [0.1, 0.15) is 6.61 Å². The van der Waals surface area contributed by atoms with Gasteiger partial charge in [-0.15, -0.1) is 0 Å². The Kier molecular flexibility index (Phi) is 6.82. The largest absolute Gasteiger partial charge is 0.493 e. The molecule has 2 aromatic rings. The first-order chi connectivity index (χ1) is 14.4. The van der Waals surface area contributed by atoms with Gasteiger partial charge in [0.25, 0.3) is 0 Å². The number of hydrogen-bond acceptors (Lipinski definition) is 7. The minimum Gasteiger partial charge on any atom is -0.493 e. The molecule has 0 spiro atoms. The Morgan fingerprint density at radius 3 is 2.57 bits per heavy atom. The zero-order chi connectivity index (χ0) is 21.7. The Bertz CT molecular complexity index is 933. The molecule has 160 valence electrons. The highest BCUT2D eigenvalue weighted by Crippen LogP contribution is 2.45. The Morgan fingerprint density at radius 2 is 1.87 bits per heavy atom. The molecule has 0 fully saturated rings. The fraction of sp³-hybridized carbons (Fsp3) is 0.391. The first-order valence-electron chi connectivity index (χ1n) is 9.87. The van der Waals surface area contributed by atoms with Crippen molar-refractivity contribution in [2.75, 3.05) is 26.9 Å². The summed E-state index contributed by atoms with van der Waals surface area (Å²) >= 11 is 0. The Morgan fingerprint density at radius 1 is 1.10 bits per heavy atom. The predicted molar refractivity (Wildman–Crippen MR) is 110 cm³/mol. The average Bonchev–Trinajstić information content (AvgIpc) is 3.11. The summed E-state index contributed by atoms with van der Waals surface area (Å²) in [7, 11) is 1.54. The van der Waals surface area contributed by atoms with Crippen molar-refractivity contribution in [3.8, 4) is 28.4 Å².